The van der Waals surface area contributed by atoms with Crippen molar-refractivity contribution in [1.82, 2.24) is 4.90 Å². The molecule has 1 atom stereocenters. The molecule has 0 spiro atoms. The SMILES string of the molecule is CC(Nc1cccc(CO)c1)C(=O)N1CCN(c2ccccc2)CC1. The second-order valence-corrected chi connectivity index (χ2v) is 6.37. The van der Waals surface area contributed by atoms with E-state index in [1.165, 1.54) is 5.69 Å². The highest BCUT2D eigenvalue weighted by atomic mass is 16.3. The number of amides is 1. The fourth-order valence-electron chi connectivity index (χ4n) is 3.17. The van der Waals surface area contributed by atoms with Crippen LogP contribution in [0.5, 0.6) is 0 Å². The van der Waals surface area contributed by atoms with Crippen LogP contribution in [0.4, 0.5) is 11.4 Å². The van der Waals surface area contributed by atoms with Crippen molar-refractivity contribution in [3.8, 4) is 0 Å². The van der Waals surface area contributed by atoms with Crippen LogP contribution in [0.15, 0.2) is 54.6 Å². The molecule has 1 unspecified atom stereocenters. The van der Waals surface area contributed by atoms with E-state index >= 15 is 0 Å². The number of aliphatic hydroxyl groups excluding tert-OH is 1. The average Bonchev–Trinajstić information content (AvgIpc) is 2.68. The number of benzene rings is 2. The molecular formula is C20H25N3O2. The topological polar surface area (TPSA) is 55.8 Å². The average molecular weight is 339 g/mol. The fraction of sp³-hybridized carbons (Fsp3) is 0.350. The first-order valence-electron chi connectivity index (χ1n) is 8.72. The highest BCUT2D eigenvalue weighted by Crippen LogP contribution is 2.17. The molecule has 1 fully saturated rings. The fourth-order valence-corrected chi connectivity index (χ4v) is 3.17. The normalized spacial score (nSPS) is 15.8. The molecule has 1 saturated heterocycles. The predicted octanol–water partition coefficient (Wildman–Crippen LogP) is 2.33. The van der Waals surface area contributed by atoms with Crippen molar-refractivity contribution in [1.29, 1.82) is 0 Å². The number of nitrogens with one attached hydrogen (secondary N) is 1. The minimum atomic E-state index is -0.294. The van der Waals surface area contributed by atoms with Gasteiger partial charge in [-0.25, -0.2) is 0 Å². The highest BCUT2D eigenvalue weighted by Gasteiger charge is 2.25. The second kappa shape index (κ2) is 8.03. The van der Waals surface area contributed by atoms with Crippen LogP contribution in [0.1, 0.15) is 12.5 Å². The van der Waals surface area contributed by atoms with E-state index < -0.39 is 0 Å². The number of rotatable bonds is 5. The lowest BCUT2D eigenvalue weighted by molar-refractivity contribution is -0.131. The summed E-state index contributed by atoms with van der Waals surface area (Å²) in [5, 5.41) is 12.5. The van der Waals surface area contributed by atoms with E-state index in [4.69, 9.17) is 0 Å². The molecule has 0 radical (unpaired) electrons. The van der Waals surface area contributed by atoms with Gasteiger partial charge >= 0.3 is 0 Å². The minimum Gasteiger partial charge on any atom is -0.392 e. The zero-order valence-corrected chi connectivity index (χ0v) is 14.6. The lowest BCUT2D eigenvalue weighted by atomic mass is 10.1. The van der Waals surface area contributed by atoms with Gasteiger partial charge < -0.3 is 20.2 Å². The molecule has 2 aromatic carbocycles. The van der Waals surface area contributed by atoms with E-state index in [2.05, 4.69) is 22.3 Å². The summed E-state index contributed by atoms with van der Waals surface area (Å²) in [7, 11) is 0. The van der Waals surface area contributed by atoms with Gasteiger partial charge in [-0.3, -0.25) is 4.79 Å². The first-order chi connectivity index (χ1) is 12.2. The van der Waals surface area contributed by atoms with Crippen LogP contribution >= 0.6 is 0 Å². The van der Waals surface area contributed by atoms with Crippen molar-refractivity contribution in [2.45, 2.75) is 19.6 Å². The van der Waals surface area contributed by atoms with Gasteiger partial charge in [-0.05, 0) is 36.8 Å². The number of anilines is 2. The van der Waals surface area contributed by atoms with E-state index in [9.17, 15) is 9.90 Å². The molecule has 1 aliphatic heterocycles. The Kier molecular flexibility index (Phi) is 5.56. The monoisotopic (exact) mass is 339 g/mol. The lowest BCUT2D eigenvalue weighted by Crippen LogP contribution is -2.52. The number of hydrogen-bond acceptors (Lipinski definition) is 4. The van der Waals surface area contributed by atoms with Gasteiger partial charge in [0, 0.05) is 37.6 Å². The van der Waals surface area contributed by atoms with E-state index in [1.807, 2.05) is 54.3 Å². The van der Waals surface area contributed by atoms with Crippen molar-refractivity contribution in [3.05, 3.63) is 60.2 Å². The number of carbonyl (C=O) groups excluding carboxylic acids is 1. The predicted molar refractivity (Wildman–Crippen MR) is 101 cm³/mol. The van der Waals surface area contributed by atoms with Gasteiger partial charge in [0.2, 0.25) is 5.91 Å². The molecule has 1 amide bonds. The summed E-state index contributed by atoms with van der Waals surface area (Å²) in [6.45, 7) is 5.05. The summed E-state index contributed by atoms with van der Waals surface area (Å²) in [5.41, 5.74) is 2.90. The first-order valence-corrected chi connectivity index (χ1v) is 8.72. The Labute approximate surface area is 148 Å². The molecule has 5 nitrogen and oxygen atoms in total. The third-order valence-corrected chi connectivity index (χ3v) is 4.58. The molecular weight excluding hydrogens is 314 g/mol. The van der Waals surface area contributed by atoms with Crippen molar-refractivity contribution in [2.75, 3.05) is 36.4 Å². The molecule has 132 valence electrons. The van der Waals surface area contributed by atoms with Crippen LogP contribution in [0.2, 0.25) is 0 Å². The Morgan fingerprint density at radius 1 is 1.08 bits per heavy atom. The van der Waals surface area contributed by atoms with Crippen LogP contribution in [0.3, 0.4) is 0 Å². The first kappa shape index (κ1) is 17.3. The number of aliphatic hydroxyl groups is 1. The Hall–Kier alpha value is -2.53. The molecule has 5 heteroatoms. The van der Waals surface area contributed by atoms with Gasteiger partial charge in [-0.1, -0.05) is 30.3 Å². The number of nitrogens with zero attached hydrogens (tertiary/aromatic N) is 2. The number of carbonyl (C=O) groups is 1. The smallest absolute Gasteiger partial charge is 0.244 e. The van der Waals surface area contributed by atoms with Crippen molar-refractivity contribution in [3.63, 3.8) is 0 Å². The van der Waals surface area contributed by atoms with Gasteiger partial charge in [0.1, 0.15) is 6.04 Å². The molecule has 1 aliphatic rings. The quantitative estimate of drug-likeness (QED) is 0.878. The Morgan fingerprint density at radius 2 is 1.80 bits per heavy atom. The maximum Gasteiger partial charge on any atom is 0.244 e. The number of piperazine rings is 1. The van der Waals surface area contributed by atoms with E-state index in [0.717, 1.165) is 37.4 Å². The summed E-state index contributed by atoms with van der Waals surface area (Å²) in [4.78, 5) is 16.9. The summed E-state index contributed by atoms with van der Waals surface area (Å²) in [5.74, 6) is 0.113. The van der Waals surface area contributed by atoms with Gasteiger partial charge in [-0.2, -0.15) is 0 Å². The van der Waals surface area contributed by atoms with E-state index in [0.29, 0.717) is 0 Å². The summed E-state index contributed by atoms with van der Waals surface area (Å²) in [6.07, 6.45) is 0. The summed E-state index contributed by atoms with van der Waals surface area (Å²) >= 11 is 0. The molecule has 2 N–H and O–H groups in total. The largest absolute Gasteiger partial charge is 0.392 e. The second-order valence-electron chi connectivity index (χ2n) is 6.37. The van der Waals surface area contributed by atoms with Gasteiger partial charge in [-0.15, -0.1) is 0 Å². The highest BCUT2D eigenvalue weighted by molar-refractivity contribution is 5.84. The van der Waals surface area contributed by atoms with E-state index in [1.54, 1.807) is 0 Å². The third-order valence-electron chi connectivity index (χ3n) is 4.58. The van der Waals surface area contributed by atoms with Crippen LogP contribution in [0, 0.1) is 0 Å². The third kappa shape index (κ3) is 4.31. The Morgan fingerprint density at radius 3 is 2.48 bits per heavy atom. The lowest BCUT2D eigenvalue weighted by Gasteiger charge is -2.37. The molecule has 3 rings (SSSR count). The van der Waals surface area contributed by atoms with Crippen molar-refractivity contribution in [2.24, 2.45) is 0 Å². The van der Waals surface area contributed by atoms with Crippen LogP contribution < -0.4 is 10.2 Å². The van der Waals surface area contributed by atoms with Crippen LogP contribution in [-0.4, -0.2) is 48.1 Å². The summed E-state index contributed by atoms with van der Waals surface area (Å²) < 4.78 is 0. The standard InChI is InChI=1S/C20H25N3O2/c1-16(21-18-7-5-6-17(14-18)15-24)20(25)23-12-10-22(11-13-23)19-8-3-2-4-9-19/h2-9,14,16,21,24H,10-13,15H2,1H3. The van der Waals surface area contributed by atoms with Crippen molar-refractivity contribution < 1.29 is 9.90 Å². The number of para-hydroxylation sites is 1. The van der Waals surface area contributed by atoms with Crippen LogP contribution in [0.25, 0.3) is 0 Å². The zero-order chi connectivity index (χ0) is 17.6. The van der Waals surface area contributed by atoms with Crippen LogP contribution in [-0.2, 0) is 11.4 Å². The molecule has 0 saturated carbocycles. The molecule has 1 heterocycles. The summed E-state index contributed by atoms with van der Waals surface area (Å²) in [6, 6.07) is 17.5. The molecule has 0 bridgehead atoms. The Balaban J connectivity index is 1.54. The molecule has 0 aliphatic carbocycles. The van der Waals surface area contributed by atoms with E-state index in [-0.39, 0.29) is 18.6 Å². The minimum absolute atomic E-state index is 0.000701. The number of hydrogen-bond donors (Lipinski definition) is 2. The zero-order valence-electron chi connectivity index (χ0n) is 14.6. The van der Waals surface area contributed by atoms with Crippen molar-refractivity contribution >= 4 is 17.3 Å². The molecule has 25 heavy (non-hydrogen) atoms. The van der Waals surface area contributed by atoms with Gasteiger partial charge in [0.25, 0.3) is 0 Å². The van der Waals surface area contributed by atoms with Gasteiger partial charge in [0.05, 0.1) is 6.61 Å². The molecule has 2 aromatic rings. The Bertz CT molecular complexity index is 697. The maximum atomic E-state index is 12.7. The van der Waals surface area contributed by atoms with Gasteiger partial charge in [0.15, 0.2) is 0 Å². The molecule has 0 aromatic heterocycles. The maximum absolute atomic E-state index is 12.7.